The Morgan fingerprint density at radius 3 is 2.46 bits per heavy atom. The molecular weight excluding hydrogens is 464 g/mol. The number of ether oxygens (including phenoxy) is 1. The van der Waals surface area contributed by atoms with Gasteiger partial charge in [-0.2, -0.15) is 0 Å². The maximum atomic E-state index is 13.4. The zero-order valence-corrected chi connectivity index (χ0v) is 21.1. The van der Waals surface area contributed by atoms with Gasteiger partial charge in [-0.1, -0.05) is 44.5 Å². The summed E-state index contributed by atoms with van der Waals surface area (Å²) < 4.78 is 5.51. The molecule has 1 atom stereocenters. The third kappa shape index (κ3) is 4.42. The van der Waals surface area contributed by atoms with Crippen LogP contribution in [0.4, 0.5) is 5.69 Å². The first-order valence-electron chi connectivity index (χ1n) is 11.2. The number of hydrogen-bond donors (Lipinski definition) is 1. The summed E-state index contributed by atoms with van der Waals surface area (Å²) in [5.41, 5.74) is 2.89. The number of aromatic nitrogens is 1. The molecule has 6 nitrogen and oxygen atoms in total. The predicted octanol–water partition coefficient (Wildman–Crippen LogP) is 5.98. The first-order valence-corrected chi connectivity index (χ1v) is 11.6. The highest BCUT2D eigenvalue weighted by Crippen LogP contribution is 2.43. The van der Waals surface area contributed by atoms with E-state index >= 15 is 0 Å². The Hall–Kier alpha value is -3.64. The van der Waals surface area contributed by atoms with E-state index in [1.165, 1.54) is 4.90 Å². The molecule has 7 heteroatoms. The average molecular weight is 491 g/mol. The van der Waals surface area contributed by atoms with E-state index in [0.29, 0.717) is 27.6 Å². The number of carbonyl (C=O) groups is 2. The molecule has 1 fully saturated rings. The van der Waals surface area contributed by atoms with Crippen molar-refractivity contribution in [3.63, 3.8) is 0 Å². The van der Waals surface area contributed by atoms with Gasteiger partial charge < -0.3 is 9.84 Å². The summed E-state index contributed by atoms with van der Waals surface area (Å²) in [7, 11) is 1.59. The number of ketones is 1. The zero-order valence-electron chi connectivity index (χ0n) is 20.3. The van der Waals surface area contributed by atoms with Gasteiger partial charge in [0.25, 0.3) is 11.7 Å². The quantitative estimate of drug-likeness (QED) is 0.276. The number of carbonyl (C=O) groups excluding carboxylic acids is 2. The van der Waals surface area contributed by atoms with Crippen LogP contribution in [-0.2, 0) is 15.0 Å². The fourth-order valence-corrected chi connectivity index (χ4v) is 4.46. The van der Waals surface area contributed by atoms with Crippen molar-refractivity contribution in [3.05, 3.63) is 93.8 Å². The highest BCUT2D eigenvalue weighted by molar-refractivity contribution is 6.51. The number of rotatable bonds is 4. The summed E-state index contributed by atoms with van der Waals surface area (Å²) in [4.78, 5) is 32.2. The van der Waals surface area contributed by atoms with Gasteiger partial charge in [0.05, 0.1) is 18.7 Å². The van der Waals surface area contributed by atoms with E-state index in [4.69, 9.17) is 16.3 Å². The summed E-state index contributed by atoms with van der Waals surface area (Å²) in [6.45, 7) is 7.95. The Kier molecular flexibility index (Phi) is 6.43. The van der Waals surface area contributed by atoms with Crippen LogP contribution >= 0.6 is 11.6 Å². The molecule has 3 aromatic rings. The topological polar surface area (TPSA) is 79.7 Å². The van der Waals surface area contributed by atoms with Crippen molar-refractivity contribution in [1.82, 2.24) is 4.98 Å². The molecule has 2 heterocycles. The first-order chi connectivity index (χ1) is 16.5. The Morgan fingerprint density at radius 2 is 1.86 bits per heavy atom. The highest BCUT2D eigenvalue weighted by Gasteiger charge is 2.47. The summed E-state index contributed by atoms with van der Waals surface area (Å²) in [5.74, 6) is -1.11. The smallest absolute Gasteiger partial charge is 0.300 e. The number of hydrogen-bond acceptors (Lipinski definition) is 5. The number of methoxy groups -OCH3 is 1. The van der Waals surface area contributed by atoms with Crippen LogP contribution < -0.4 is 9.64 Å². The van der Waals surface area contributed by atoms with Gasteiger partial charge in [0.1, 0.15) is 11.5 Å². The number of pyridine rings is 1. The van der Waals surface area contributed by atoms with Crippen molar-refractivity contribution in [2.24, 2.45) is 0 Å². The molecule has 1 unspecified atom stereocenters. The molecule has 1 saturated heterocycles. The van der Waals surface area contributed by atoms with Gasteiger partial charge in [-0.15, -0.1) is 0 Å². The van der Waals surface area contributed by atoms with E-state index < -0.39 is 17.7 Å². The fourth-order valence-electron chi connectivity index (χ4n) is 4.28. The summed E-state index contributed by atoms with van der Waals surface area (Å²) in [6.07, 6.45) is 3.19. The van der Waals surface area contributed by atoms with Crippen molar-refractivity contribution >= 4 is 34.7 Å². The van der Waals surface area contributed by atoms with E-state index in [0.717, 1.165) is 11.1 Å². The lowest BCUT2D eigenvalue weighted by Gasteiger charge is -2.26. The molecule has 1 amide bonds. The van der Waals surface area contributed by atoms with Gasteiger partial charge in [0.15, 0.2) is 0 Å². The molecule has 35 heavy (non-hydrogen) atoms. The fraction of sp³-hybridized carbons (Fsp3) is 0.250. The summed E-state index contributed by atoms with van der Waals surface area (Å²) >= 11 is 6.35. The van der Waals surface area contributed by atoms with Crippen molar-refractivity contribution in [2.45, 2.75) is 39.2 Å². The molecular formula is C28H27ClN2O4. The number of aliphatic hydroxyl groups is 1. The Labute approximate surface area is 209 Å². The van der Waals surface area contributed by atoms with Gasteiger partial charge in [0.2, 0.25) is 0 Å². The normalized spacial score (nSPS) is 17.7. The van der Waals surface area contributed by atoms with E-state index in [1.54, 1.807) is 68.0 Å². The van der Waals surface area contributed by atoms with E-state index in [2.05, 4.69) is 4.98 Å². The second kappa shape index (κ2) is 9.19. The molecule has 0 aliphatic carbocycles. The molecule has 0 radical (unpaired) electrons. The molecule has 1 N–H and O–H groups in total. The summed E-state index contributed by atoms with van der Waals surface area (Å²) in [6, 6.07) is 13.0. The Morgan fingerprint density at radius 1 is 1.11 bits per heavy atom. The number of amides is 1. The molecule has 1 aromatic heterocycles. The number of aryl methyl sites for hydroxylation is 1. The second-order valence-electron chi connectivity index (χ2n) is 9.55. The highest BCUT2D eigenvalue weighted by atomic mass is 35.5. The number of Topliss-reactive ketones (excluding diaryl/α,β-unsaturated/α-hetero) is 1. The largest absolute Gasteiger partial charge is 0.507 e. The lowest BCUT2D eigenvalue weighted by Crippen LogP contribution is -2.29. The number of nitrogens with zero attached hydrogens (tertiary/aromatic N) is 2. The van der Waals surface area contributed by atoms with Crippen LogP contribution in [0.3, 0.4) is 0 Å². The van der Waals surface area contributed by atoms with Crippen molar-refractivity contribution < 1.29 is 19.4 Å². The molecule has 1 aliphatic rings. The van der Waals surface area contributed by atoms with E-state index in [9.17, 15) is 14.7 Å². The number of benzene rings is 2. The Balaban J connectivity index is 1.95. The first kappa shape index (κ1) is 24.5. The van der Waals surface area contributed by atoms with E-state index in [-0.39, 0.29) is 16.7 Å². The number of halogens is 1. The third-order valence-electron chi connectivity index (χ3n) is 6.16. The van der Waals surface area contributed by atoms with Crippen LogP contribution in [0.1, 0.15) is 49.1 Å². The van der Waals surface area contributed by atoms with Gasteiger partial charge in [-0.05, 0) is 59.9 Å². The van der Waals surface area contributed by atoms with Crippen molar-refractivity contribution in [2.75, 3.05) is 12.0 Å². The van der Waals surface area contributed by atoms with Crippen LogP contribution in [0.15, 0.2) is 66.5 Å². The molecule has 180 valence electrons. The van der Waals surface area contributed by atoms with Crippen LogP contribution in [0, 0.1) is 6.92 Å². The molecule has 0 spiro atoms. The SMILES string of the molecule is COc1ccc(/C(O)=C2/C(=O)C(=O)N(c3ccc(C)c(Cl)c3)C2c2cccnc2)cc1C(C)(C)C. The van der Waals surface area contributed by atoms with Gasteiger partial charge in [-0.3, -0.25) is 19.5 Å². The molecule has 0 saturated carbocycles. The van der Waals surface area contributed by atoms with Crippen LogP contribution in [0.5, 0.6) is 5.75 Å². The number of aliphatic hydroxyl groups excluding tert-OH is 1. The maximum Gasteiger partial charge on any atom is 0.300 e. The zero-order chi connectivity index (χ0) is 25.5. The van der Waals surface area contributed by atoms with Crippen LogP contribution in [0.25, 0.3) is 5.76 Å². The second-order valence-corrected chi connectivity index (χ2v) is 9.96. The molecule has 4 rings (SSSR count). The maximum absolute atomic E-state index is 13.4. The van der Waals surface area contributed by atoms with Gasteiger partial charge in [-0.25, -0.2) is 0 Å². The van der Waals surface area contributed by atoms with Crippen molar-refractivity contribution in [3.8, 4) is 5.75 Å². The van der Waals surface area contributed by atoms with Gasteiger partial charge in [0, 0.05) is 34.2 Å². The number of anilines is 1. The third-order valence-corrected chi connectivity index (χ3v) is 6.57. The molecule has 1 aliphatic heterocycles. The van der Waals surface area contributed by atoms with Gasteiger partial charge >= 0.3 is 0 Å². The molecule has 0 bridgehead atoms. The predicted molar refractivity (Wildman–Crippen MR) is 137 cm³/mol. The summed E-state index contributed by atoms with van der Waals surface area (Å²) in [5, 5.41) is 11.9. The minimum absolute atomic E-state index is 0.00952. The van der Waals surface area contributed by atoms with Crippen LogP contribution in [-0.4, -0.2) is 28.9 Å². The lowest BCUT2D eigenvalue weighted by molar-refractivity contribution is -0.132. The lowest BCUT2D eigenvalue weighted by atomic mass is 9.84. The Bertz CT molecular complexity index is 1340. The minimum atomic E-state index is -0.873. The standard InChI is InChI=1S/C28H27ClN2O4/c1-16-8-10-19(14-21(16)29)31-24(18-7-6-12-30-15-18)23(26(33)27(31)34)25(32)17-9-11-22(35-5)20(13-17)28(2,3)4/h6-15,24,32H,1-5H3/b25-23-. The average Bonchev–Trinajstić information content (AvgIpc) is 3.10. The molecule has 2 aromatic carbocycles. The monoisotopic (exact) mass is 490 g/mol. The minimum Gasteiger partial charge on any atom is -0.507 e. The van der Waals surface area contributed by atoms with E-state index in [1.807, 2.05) is 27.7 Å². The van der Waals surface area contributed by atoms with Crippen molar-refractivity contribution in [1.29, 1.82) is 0 Å². The van der Waals surface area contributed by atoms with Crippen LogP contribution in [0.2, 0.25) is 5.02 Å².